The standard InChI is InChI=1S/C16H22N4O2/c1-16(2,3)14-12(7-8-21-14)15-19-18-13(22-15)6-5-11-9-17-20(4)10-11/h5-6,9-10,12,14H,7-8H2,1-4H3/b6-5+/t12-,14-/m0/s1. The Morgan fingerprint density at radius 1 is 1.27 bits per heavy atom. The minimum atomic E-state index is 0.0569. The van der Waals surface area contributed by atoms with Gasteiger partial charge in [-0.2, -0.15) is 5.10 Å². The highest BCUT2D eigenvalue weighted by Gasteiger charge is 2.40. The molecule has 3 heterocycles. The van der Waals surface area contributed by atoms with Crippen molar-refractivity contribution in [1.29, 1.82) is 0 Å². The maximum Gasteiger partial charge on any atom is 0.240 e. The lowest BCUT2D eigenvalue weighted by atomic mass is 9.81. The van der Waals surface area contributed by atoms with Gasteiger partial charge in [-0.1, -0.05) is 20.8 Å². The molecular formula is C16H22N4O2. The molecule has 0 bridgehead atoms. The number of ether oxygens (including phenoxy) is 1. The summed E-state index contributed by atoms with van der Waals surface area (Å²) < 4.78 is 13.4. The van der Waals surface area contributed by atoms with Crippen LogP contribution >= 0.6 is 0 Å². The van der Waals surface area contributed by atoms with Gasteiger partial charge in [-0.05, 0) is 17.9 Å². The minimum absolute atomic E-state index is 0.0569. The van der Waals surface area contributed by atoms with Gasteiger partial charge in [0.1, 0.15) is 0 Å². The highest BCUT2D eigenvalue weighted by Crippen LogP contribution is 2.40. The molecule has 2 aromatic rings. The van der Waals surface area contributed by atoms with Crippen molar-refractivity contribution in [1.82, 2.24) is 20.0 Å². The Bertz CT molecular complexity index is 666. The Hall–Kier alpha value is -1.95. The third-order valence-electron chi connectivity index (χ3n) is 3.86. The maximum atomic E-state index is 5.87. The number of aryl methyl sites for hydroxylation is 1. The summed E-state index contributed by atoms with van der Waals surface area (Å²) >= 11 is 0. The van der Waals surface area contributed by atoms with E-state index in [1.807, 2.05) is 25.4 Å². The van der Waals surface area contributed by atoms with Crippen LogP contribution in [0.5, 0.6) is 0 Å². The summed E-state index contributed by atoms with van der Waals surface area (Å²) in [5.74, 6) is 1.36. The second-order valence-electron chi connectivity index (χ2n) is 6.81. The van der Waals surface area contributed by atoms with E-state index in [0.717, 1.165) is 18.6 Å². The van der Waals surface area contributed by atoms with E-state index in [-0.39, 0.29) is 17.4 Å². The van der Waals surface area contributed by atoms with Crippen LogP contribution in [0.1, 0.15) is 50.5 Å². The van der Waals surface area contributed by atoms with Gasteiger partial charge >= 0.3 is 0 Å². The van der Waals surface area contributed by atoms with Crippen molar-refractivity contribution in [3.63, 3.8) is 0 Å². The predicted octanol–water partition coefficient (Wildman–Crippen LogP) is 2.89. The second-order valence-corrected chi connectivity index (χ2v) is 6.81. The van der Waals surface area contributed by atoms with Crippen LogP contribution in [0, 0.1) is 5.41 Å². The van der Waals surface area contributed by atoms with Crippen molar-refractivity contribution in [3.05, 3.63) is 29.7 Å². The summed E-state index contributed by atoms with van der Waals surface area (Å²) in [7, 11) is 1.88. The fraction of sp³-hybridized carbons (Fsp3) is 0.562. The first-order chi connectivity index (χ1) is 10.4. The average molecular weight is 302 g/mol. The fourth-order valence-electron chi connectivity index (χ4n) is 2.85. The van der Waals surface area contributed by atoms with Crippen molar-refractivity contribution in [2.75, 3.05) is 6.61 Å². The summed E-state index contributed by atoms with van der Waals surface area (Å²) in [6.07, 6.45) is 8.48. The molecule has 0 aliphatic carbocycles. The van der Waals surface area contributed by atoms with Crippen LogP contribution < -0.4 is 0 Å². The van der Waals surface area contributed by atoms with E-state index in [1.165, 1.54) is 0 Å². The van der Waals surface area contributed by atoms with E-state index in [1.54, 1.807) is 10.9 Å². The lowest BCUT2D eigenvalue weighted by molar-refractivity contribution is 0.0171. The van der Waals surface area contributed by atoms with Gasteiger partial charge < -0.3 is 9.15 Å². The third kappa shape index (κ3) is 3.11. The molecule has 0 spiro atoms. The summed E-state index contributed by atoms with van der Waals surface area (Å²) in [5.41, 5.74) is 1.06. The molecule has 0 amide bonds. The molecule has 6 heteroatoms. The summed E-state index contributed by atoms with van der Waals surface area (Å²) in [4.78, 5) is 0. The average Bonchev–Trinajstić information content (AvgIpc) is 3.15. The first kappa shape index (κ1) is 15.0. The van der Waals surface area contributed by atoms with Crippen LogP contribution in [0.3, 0.4) is 0 Å². The van der Waals surface area contributed by atoms with Crippen LogP contribution in [-0.2, 0) is 11.8 Å². The van der Waals surface area contributed by atoms with Crippen molar-refractivity contribution in [2.24, 2.45) is 12.5 Å². The van der Waals surface area contributed by atoms with Crippen molar-refractivity contribution >= 4 is 12.2 Å². The Kier molecular flexibility index (Phi) is 3.87. The minimum Gasteiger partial charge on any atom is -0.421 e. The normalized spacial score (nSPS) is 22.7. The molecule has 1 aliphatic rings. The number of nitrogens with zero attached hydrogens (tertiary/aromatic N) is 4. The van der Waals surface area contributed by atoms with Gasteiger partial charge in [0.2, 0.25) is 11.8 Å². The zero-order valence-electron chi connectivity index (χ0n) is 13.5. The van der Waals surface area contributed by atoms with E-state index in [4.69, 9.17) is 9.15 Å². The van der Waals surface area contributed by atoms with Crippen LogP contribution in [0.4, 0.5) is 0 Å². The molecule has 0 radical (unpaired) electrons. The number of hydrogen-bond donors (Lipinski definition) is 0. The molecular weight excluding hydrogens is 280 g/mol. The van der Waals surface area contributed by atoms with E-state index in [0.29, 0.717) is 11.8 Å². The zero-order chi connectivity index (χ0) is 15.7. The Morgan fingerprint density at radius 3 is 2.77 bits per heavy atom. The lowest BCUT2D eigenvalue weighted by Gasteiger charge is -2.29. The van der Waals surface area contributed by atoms with E-state index >= 15 is 0 Å². The highest BCUT2D eigenvalue weighted by atomic mass is 16.5. The largest absolute Gasteiger partial charge is 0.421 e. The molecule has 22 heavy (non-hydrogen) atoms. The maximum absolute atomic E-state index is 5.87. The second kappa shape index (κ2) is 5.68. The number of hydrogen-bond acceptors (Lipinski definition) is 5. The molecule has 1 saturated heterocycles. The van der Waals surface area contributed by atoms with Crippen molar-refractivity contribution in [2.45, 2.75) is 39.2 Å². The lowest BCUT2D eigenvalue weighted by Crippen LogP contribution is -2.30. The van der Waals surface area contributed by atoms with Crippen molar-refractivity contribution in [3.8, 4) is 0 Å². The number of rotatable bonds is 3. The zero-order valence-corrected chi connectivity index (χ0v) is 13.5. The van der Waals surface area contributed by atoms with Crippen LogP contribution in [-0.4, -0.2) is 32.7 Å². The van der Waals surface area contributed by atoms with Crippen LogP contribution in [0.2, 0.25) is 0 Å². The Labute approximate surface area is 130 Å². The predicted molar refractivity (Wildman–Crippen MR) is 83.0 cm³/mol. The van der Waals surface area contributed by atoms with Gasteiger partial charge in [0.05, 0.1) is 18.2 Å². The fourth-order valence-corrected chi connectivity index (χ4v) is 2.85. The van der Waals surface area contributed by atoms with Gasteiger partial charge in [-0.15, -0.1) is 10.2 Å². The molecule has 0 aromatic carbocycles. The topological polar surface area (TPSA) is 66.0 Å². The Morgan fingerprint density at radius 2 is 2.09 bits per heavy atom. The molecule has 6 nitrogen and oxygen atoms in total. The molecule has 3 rings (SSSR count). The van der Waals surface area contributed by atoms with Crippen LogP contribution in [0.25, 0.3) is 12.2 Å². The molecule has 0 N–H and O–H groups in total. The van der Waals surface area contributed by atoms with Gasteiger partial charge in [0, 0.05) is 31.5 Å². The van der Waals surface area contributed by atoms with E-state index < -0.39 is 0 Å². The molecule has 2 aromatic heterocycles. The Balaban J connectivity index is 1.75. The molecule has 0 saturated carbocycles. The molecule has 118 valence electrons. The van der Waals surface area contributed by atoms with Gasteiger partial charge in [0.25, 0.3) is 0 Å². The monoisotopic (exact) mass is 302 g/mol. The van der Waals surface area contributed by atoms with E-state index in [2.05, 4.69) is 36.1 Å². The number of aromatic nitrogens is 4. The smallest absolute Gasteiger partial charge is 0.240 e. The van der Waals surface area contributed by atoms with Gasteiger partial charge in [0.15, 0.2) is 0 Å². The van der Waals surface area contributed by atoms with Gasteiger partial charge in [-0.3, -0.25) is 4.68 Å². The quantitative estimate of drug-likeness (QED) is 0.872. The summed E-state index contributed by atoms with van der Waals surface area (Å²) in [5, 5.41) is 12.4. The summed E-state index contributed by atoms with van der Waals surface area (Å²) in [6, 6.07) is 0. The first-order valence-corrected chi connectivity index (χ1v) is 7.55. The van der Waals surface area contributed by atoms with Gasteiger partial charge in [-0.25, -0.2) is 0 Å². The summed E-state index contributed by atoms with van der Waals surface area (Å²) in [6.45, 7) is 7.27. The molecule has 2 atom stereocenters. The van der Waals surface area contributed by atoms with Crippen LogP contribution in [0.15, 0.2) is 16.8 Å². The molecule has 0 unspecified atom stereocenters. The third-order valence-corrected chi connectivity index (χ3v) is 3.86. The van der Waals surface area contributed by atoms with E-state index in [9.17, 15) is 0 Å². The first-order valence-electron chi connectivity index (χ1n) is 7.55. The molecule has 1 fully saturated rings. The highest BCUT2D eigenvalue weighted by molar-refractivity contribution is 5.64. The SMILES string of the molecule is Cn1cc(/C=C/c2nnc([C@H]3CCO[C@@H]3C(C)(C)C)o2)cn1. The molecule has 1 aliphatic heterocycles. The van der Waals surface area contributed by atoms with Crippen molar-refractivity contribution < 1.29 is 9.15 Å².